The van der Waals surface area contributed by atoms with Crippen molar-refractivity contribution in [1.82, 2.24) is 4.57 Å². The first-order valence-corrected chi connectivity index (χ1v) is 5.82. The molecule has 98 valence electrons. The fourth-order valence-corrected chi connectivity index (χ4v) is 1.78. The van der Waals surface area contributed by atoms with E-state index in [4.69, 9.17) is 11.2 Å². The lowest BCUT2D eigenvalue weighted by atomic mass is 10.2. The van der Waals surface area contributed by atoms with Gasteiger partial charge in [-0.3, -0.25) is 4.57 Å². The molecular formula is C15H14FNO2. The highest BCUT2D eigenvalue weighted by Crippen LogP contribution is 2.23. The second-order valence-electron chi connectivity index (χ2n) is 5.20. The maximum Gasteiger partial charge on any atom is 0.419 e. The fourth-order valence-electron chi connectivity index (χ4n) is 1.78. The van der Waals surface area contributed by atoms with Crippen LogP contribution < -0.4 is 0 Å². The van der Waals surface area contributed by atoms with E-state index < -0.39 is 17.5 Å². The van der Waals surface area contributed by atoms with Gasteiger partial charge in [0.05, 0.1) is 11.1 Å². The van der Waals surface area contributed by atoms with E-state index in [0.717, 1.165) is 0 Å². The number of halogens is 1. The van der Waals surface area contributed by atoms with Crippen molar-refractivity contribution in [2.45, 2.75) is 26.4 Å². The van der Waals surface area contributed by atoms with E-state index >= 15 is 0 Å². The SMILES string of the molecule is C#Cc1cn(C(=O)OC(C)(C)C)c2ccc(F)cc12. The number of carbonyl (C=O) groups excluding carboxylic acids is 1. The van der Waals surface area contributed by atoms with Crippen LogP contribution >= 0.6 is 0 Å². The molecule has 0 aliphatic heterocycles. The number of terminal acetylenes is 1. The van der Waals surface area contributed by atoms with Gasteiger partial charge in [-0.05, 0) is 39.0 Å². The lowest BCUT2D eigenvalue weighted by Gasteiger charge is -2.19. The molecule has 2 aromatic rings. The molecule has 4 heteroatoms. The minimum atomic E-state index is -0.607. The molecule has 1 heterocycles. The highest BCUT2D eigenvalue weighted by Gasteiger charge is 2.20. The van der Waals surface area contributed by atoms with Gasteiger partial charge in [0.2, 0.25) is 0 Å². The summed E-state index contributed by atoms with van der Waals surface area (Å²) in [6.45, 7) is 5.33. The van der Waals surface area contributed by atoms with E-state index in [1.54, 1.807) is 20.8 Å². The maximum absolute atomic E-state index is 13.2. The van der Waals surface area contributed by atoms with Gasteiger partial charge in [0.15, 0.2) is 0 Å². The Bertz CT molecular complexity index is 686. The molecule has 0 saturated heterocycles. The molecule has 0 atom stereocenters. The third-order valence-electron chi connectivity index (χ3n) is 2.51. The van der Waals surface area contributed by atoms with E-state index in [1.165, 1.54) is 29.0 Å². The summed E-state index contributed by atoms with van der Waals surface area (Å²) in [4.78, 5) is 12.1. The first kappa shape index (κ1) is 13.2. The fraction of sp³-hybridized carbons (Fsp3) is 0.267. The summed E-state index contributed by atoms with van der Waals surface area (Å²) in [5, 5.41) is 0.522. The van der Waals surface area contributed by atoms with Crippen LogP contribution in [-0.4, -0.2) is 16.3 Å². The Morgan fingerprint density at radius 1 is 1.42 bits per heavy atom. The maximum atomic E-state index is 13.2. The summed E-state index contributed by atoms with van der Waals surface area (Å²) >= 11 is 0. The molecule has 0 radical (unpaired) electrons. The van der Waals surface area contributed by atoms with Gasteiger partial charge in [-0.2, -0.15) is 0 Å². The van der Waals surface area contributed by atoms with Crippen molar-refractivity contribution in [3.05, 3.63) is 35.8 Å². The second kappa shape index (κ2) is 4.43. The topological polar surface area (TPSA) is 31.2 Å². The van der Waals surface area contributed by atoms with Gasteiger partial charge in [-0.25, -0.2) is 9.18 Å². The number of aromatic nitrogens is 1. The second-order valence-corrected chi connectivity index (χ2v) is 5.20. The first-order valence-electron chi connectivity index (χ1n) is 5.82. The van der Waals surface area contributed by atoms with Crippen LogP contribution in [0.3, 0.4) is 0 Å². The van der Waals surface area contributed by atoms with Gasteiger partial charge in [0.1, 0.15) is 11.4 Å². The highest BCUT2D eigenvalue weighted by molar-refractivity contribution is 5.93. The first-order chi connectivity index (χ1) is 8.81. The molecule has 0 unspecified atom stereocenters. The number of carbonyl (C=O) groups is 1. The summed E-state index contributed by atoms with van der Waals surface area (Å²) in [7, 11) is 0. The highest BCUT2D eigenvalue weighted by atomic mass is 19.1. The molecule has 1 aromatic carbocycles. The molecule has 19 heavy (non-hydrogen) atoms. The third kappa shape index (κ3) is 2.60. The van der Waals surface area contributed by atoms with Crippen molar-refractivity contribution >= 4 is 17.0 Å². The minimum Gasteiger partial charge on any atom is -0.443 e. The van der Waals surface area contributed by atoms with Crippen LogP contribution in [0.2, 0.25) is 0 Å². The van der Waals surface area contributed by atoms with Gasteiger partial charge in [0, 0.05) is 11.6 Å². The molecule has 0 bridgehead atoms. The Balaban J connectivity index is 2.56. The predicted octanol–water partition coefficient (Wildman–Crippen LogP) is 3.54. The standard InChI is InChI=1S/C15H14FNO2/c1-5-10-9-17(14(18)19-15(2,3)4)13-7-6-11(16)8-12(10)13/h1,6-9H,2-4H3. The number of benzene rings is 1. The van der Waals surface area contributed by atoms with Gasteiger partial charge in [-0.15, -0.1) is 6.42 Å². The van der Waals surface area contributed by atoms with Crippen molar-refractivity contribution < 1.29 is 13.9 Å². The molecule has 0 saturated carbocycles. The summed E-state index contributed by atoms with van der Waals surface area (Å²) in [5.41, 5.74) is 0.383. The number of hydrogen-bond donors (Lipinski definition) is 0. The Kier molecular flexibility index (Phi) is 3.07. The van der Waals surface area contributed by atoms with Crippen LogP contribution in [0.15, 0.2) is 24.4 Å². The van der Waals surface area contributed by atoms with Crippen LogP contribution in [0.25, 0.3) is 10.9 Å². The summed E-state index contributed by atoms with van der Waals surface area (Å²) in [5.74, 6) is 2.04. The molecule has 0 N–H and O–H groups in total. The number of fused-ring (bicyclic) bond motifs is 1. The summed E-state index contributed by atoms with van der Waals surface area (Å²) < 4.78 is 19.8. The number of ether oxygens (including phenoxy) is 1. The Morgan fingerprint density at radius 3 is 2.68 bits per heavy atom. The summed E-state index contributed by atoms with van der Waals surface area (Å²) in [6.07, 6.45) is 6.32. The van der Waals surface area contributed by atoms with Crippen LogP contribution in [0.4, 0.5) is 9.18 Å². The van der Waals surface area contributed by atoms with Gasteiger partial charge in [-0.1, -0.05) is 5.92 Å². The zero-order valence-corrected chi connectivity index (χ0v) is 11.0. The quantitative estimate of drug-likeness (QED) is 0.677. The van der Waals surface area contributed by atoms with Crippen molar-refractivity contribution in [1.29, 1.82) is 0 Å². The van der Waals surface area contributed by atoms with Crippen LogP contribution in [0.5, 0.6) is 0 Å². The Hall–Kier alpha value is -2.28. The zero-order chi connectivity index (χ0) is 14.2. The van der Waals surface area contributed by atoms with Crippen molar-refractivity contribution in [2.75, 3.05) is 0 Å². The average Bonchev–Trinajstić information content (AvgIpc) is 2.64. The molecule has 0 fully saturated rings. The molecule has 0 aliphatic rings. The largest absolute Gasteiger partial charge is 0.443 e. The van der Waals surface area contributed by atoms with Gasteiger partial charge >= 0.3 is 6.09 Å². The third-order valence-corrected chi connectivity index (χ3v) is 2.51. The minimum absolute atomic E-state index is 0.397. The Labute approximate surface area is 111 Å². The lowest BCUT2D eigenvalue weighted by molar-refractivity contribution is 0.0544. The average molecular weight is 259 g/mol. The zero-order valence-electron chi connectivity index (χ0n) is 11.0. The van der Waals surface area contributed by atoms with E-state index in [0.29, 0.717) is 16.5 Å². The molecule has 1 aromatic heterocycles. The predicted molar refractivity (Wildman–Crippen MR) is 71.5 cm³/mol. The van der Waals surface area contributed by atoms with Gasteiger partial charge in [0.25, 0.3) is 0 Å². The van der Waals surface area contributed by atoms with E-state index in [1.807, 2.05) is 0 Å². The monoisotopic (exact) mass is 259 g/mol. The van der Waals surface area contributed by atoms with Crippen molar-refractivity contribution in [3.8, 4) is 12.3 Å². The molecule has 0 spiro atoms. The van der Waals surface area contributed by atoms with Crippen molar-refractivity contribution in [3.63, 3.8) is 0 Å². The van der Waals surface area contributed by atoms with E-state index in [9.17, 15) is 9.18 Å². The number of nitrogens with zero attached hydrogens (tertiary/aromatic N) is 1. The van der Waals surface area contributed by atoms with Crippen LogP contribution in [-0.2, 0) is 4.74 Å². The van der Waals surface area contributed by atoms with Crippen molar-refractivity contribution in [2.24, 2.45) is 0 Å². The smallest absolute Gasteiger partial charge is 0.419 e. The van der Waals surface area contributed by atoms with E-state index in [-0.39, 0.29) is 0 Å². The Morgan fingerprint density at radius 2 is 2.11 bits per heavy atom. The molecule has 2 rings (SSSR count). The van der Waals surface area contributed by atoms with Crippen LogP contribution in [0, 0.1) is 18.2 Å². The normalized spacial score (nSPS) is 11.3. The molecular weight excluding hydrogens is 245 g/mol. The molecule has 0 amide bonds. The lowest BCUT2D eigenvalue weighted by Crippen LogP contribution is -2.26. The molecule has 3 nitrogen and oxygen atoms in total. The molecule has 0 aliphatic carbocycles. The summed E-state index contributed by atoms with van der Waals surface area (Å²) in [6, 6.07) is 4.10. The van der Waals surface area contributed by atoms with E-state index in [2.05, 4.69) is 5.92 Å². The number of hydrogen-bond acceptors (Lipinski definition) is 2. The van der Waals surface area contributed by atoms with Crippen LogP contribution in [0.1, 0.15) is 26.3 Å². The van der Waals surface area contributed by atoms with Gasteiger partial charge < -0.3 is 4.74 Å². The number of rotatable bonds is 0.